The molecule has 0 amide bonds. The van der Waals surface area contributed by atoms with Crippen LogP contribution in [0.1, 0.15) is 5.56 Å². The van der Waals surface area contributed by atoms with E-state index in [0.29, 0.717) is 0 Å². The van der Waals surface area contributed by atoms with Gasteiger partial charge in [0.2, 0.25) is 0 Å². The minimum absolute atomic E-state index is 0.0673. The molecule has 2 rings (SSSR count). The summed E-state index contributed by atoms with van der Waals surface area (Å²) >= 11 is 0. The van der Waals surface area contributed by atoms with Crippen LogP contribution in [0.3, 0.4) is 0 Å². The maximum atomic E-state index is 11.5. The molecule has 1 heteroatoms. The highest BCUT2D eigenvalue weighted by Crippen LogP contribution is 2.24. The van der Waals surface area contributed by atoms with Gasteiger partial charge in [-0.2, -0.15) is 0 Å². The van der Waals surface area contributed by atoms with Crippen molar-refractivity contribution >= 4 is 11.9 Å². The molecular formula is C14H12O. The molecule has 0 aromatic heterocycles. The number of carbonyl (C=O) groups excluding carboxylic acids is 1. The molecule has 0 aliphatic heterocycles. The first kappa shape index (κ1) is 9.66. The summed E-state index contributed by atoms with van der Waals surface area (Å²) in [5, 5.41) is 0. The van der Waals surface area contributed by atoms with Crippen LogP contribution >= 0.6 is 0 Å². The van der Waals surface area contributed by atoms with Gasteiger partial charge in [0.1, 0.15) is 0 Å². The molecule has 0 unspecified atom stereocenters. The summed E-state index contributed by atoms with van der Waals surface area (Å²) in [6, 6.07) is 9.85. The van der Waals surface area contributed by atoms with E-state index < -0.39 is 0 Å². The fourth-order valence-corrected chi connectivity index (χ4v) is 1.66. The number of hydrogen-bond acceptors (Lipinski definition) is 1. The number of hydrogen-bond donors (Lipinski definition) is 0. The summed E-state index contributed by atoms with van der Waals surface area (Å²) in [5.74, 6) is 0.154. The van der Waals surface area contributed by atoms with Crippen molar-refractivity contribution in [2.24, 2.45) is 5.92 Å². The predicted octanol–water partition coefficient (Wildman–Crippen LogP) is 3.01. The van der Waals surface area contributed by atoms with Crippen molar-refractivity contribution in [2.75, 3.05) is 0 Å². The van der Waals surface area contributed by atoms with Gasteiger partial charge in [0.05, 0.1) is 0 Å². The van der Waals surface area contributed by atoms with Crippen molar-refractivity contribution in [3.05, 3.63) is 66.3 Å². The van der Waals surface area contributed by atoms with E-state index in [4.69, 9.17) is 0 Å². The Kier molecular flexibility index (Phi) is 2.64. The van der Waals surface area contributed by atoms with E-state index in [1.54, 1.807) is 12.2 Å². The molecule has 0 N–H and O–H groups in total. The van der Waals surface area contributed by atoms with Gasteiger partial charge in [-0.25, -0.2) is 0 Å². The zero-order valence-corrected chi connectivity index (χ0v) is 8.39. The molecule has 0 saturated heterocycles. The van der Waals surface area contributed by atoms with Crippen molar-refractivity contribution in [3.63, 3.8) is 0 Å². The Bertz CT molecular complexity index is 438. The molecule has 74 valence electrons. The van der Waals surface area contributed by atoms with Crippen molar-refractivity contribution in [1.82, 2.24) is 0 Å². The van der Waals surface area contributed by atoms with Crippen molar-refractivity contribution in [3.8, 4) is 0 Å². The molecule has 1 aliphatic carbocycles. The molecule has 0 saturated carbocycles. The molecule has 0 heterocycles. The molecule has 1 atom stereocenters. The molecule has 0 radical (unpaired) electrons. The summed E-state index contributed by atoms with van der Waals surface area (Å²) in [6.45, 7) is 3.72. The van der Waals surface area contributed by atoms with Crippen LogP contribution in [0.2, 0.25) is 0 Å². The minimum Gasteiger partial charge on any atom is -0.290 e. The predicted molar refractivity (Wildman–Crippen MR) is 62.3 cm³/mol. The maximum absolute atomic E-state index is 11.5. The second kappa shape index (κ2) is 4.09. The minimum atomic E-state index is 0.0673. The van der Waals surface area contributed by atoms with Crippen LogP contribution in [-0.2, 0) is 4.79 Å². The fraction of sp³-hybridized carbons (Fsp3) is 0.0714. The van der Waals surface area contributed by atoms with Crippen LogP contribution in [0.15, 0.2) is 60.7 Å². The van der Waals surface area contributed by atoms with Gasteiger partial charge in [0, 0.05) is 11.5 Å². The van der Waals surface area contributed by atoms with Crippen LogP contribution < -0.4 is 0 Å². The van der Waals surface area contributed by atoms with Crippen LogP contribution in [0.25, 0.3) is 6.08 Å². The molecule has 1 nitrogen and oxygen atoms in total. The highest BCUT2D eigenvalue weighted by molar-refractivity contribution is 6.10. The van der Waals surface area contributed by atoms with E-state index in [0.717, 1.165) is 11.1 Å². The molecule has 0 spiro atoms. The zero-order chi connectivity index (χ0) is 10.7. The lowest BCUT2D eigenvalue weighted by Crippen LogP contribution is -1.99. The first-order chi connectivity index (χ1) is 7.31. The molecule has 1 aliphatic rings. The van der Waals surface area contributed by atoms with Crippen molar-refractivity contribution < 1.29 is 4.79 Å². The average molecular weight is 196 g/mol. The van der Waals surface area contributed by atoms with E-state index in [-0.39, 0.29) is 11.7 Å². The summed E-state index contributed by atoms with van der Waals surface area (Å²) < 4.78 is 0. The fourth-order valence-electron chi connectivity index (χ4n) is 1.66. The average Bonchev–Trinajstić information content (AvgIpc) is 2.62. The quantitative estimate of drug-likeness (QED) is 0.525. The third-order valence-electron chi connectivity index (χ3n) is 2.47. The second-order valence-corrected chi connectivity index (χ2v) is 3.50. The van der Waals surface area contributed by atoms with E-state index >= 15 is 0 Å². The highest BCUT2D eigenvalue weighted by atomic mass is 16.1. The van der Waals surface area contributed by atoms with Gasteiger partial charge < -0.3 is 0 Å². The van der Waals surface area contributed by atoms with E-state index in [1.807, 2.05) is 42.5 Å². The molecule has 1 aromatic carbocycles. The number of benzene rings is 1. The lowest BCUT2D eigenvalue weighted by Gasteiger charge is -2.03. The molecule has 0 fully saturated rings. The summed E-state index contributed by atoms with van der Waals surface area (Å²) in [6.07, 6.45) is 7.20. The van der Waals surface area contributed by atoms with Gasteiger partial charge in [0.15, 0.2) is 5.78 Å². The van der Waals surface area contributed by atoms with Gasteiger partial charge >= 0.3 is 0 Å². The van der Waals surface area contributed by atoms with Crippen molar-refractivity contribution in [1.29, 1.82) is 0 Å². The molecule has 1 aromatic rings. The third-order valence-corrected chi connectivity index (χ3v) is 2.47. The lowest BCUT2D eigenvalue weighted by atomic mass is 9.99. The smallest absolute Gasteiger partial charge is 0.182 e. The lowest BCUT2D eigenvalue weighted by molar-refractivity contribution is -0.111. The van der Waals surface area contributed by atoms with Gasteiger partial charge in [-0.1, -0.05) is 42.5 Å². The van der Waals surface area contributed by atoms with Gasteiger partial charge in [0.25, 0.3) is 0 Å². The molecule has 15 heavy (non-hydrogen) atoms. The van der Waals surface area contributed by atoms with Crippen LogP contribution in [0.4, 0.5) is 0 Å². The van der Waals surface area contributed by atoms with E-state index in [2.05, 4.69) is 6.58 Å². The SMILES string of the molecule is C=C[C@H]1C=CC(=O)/C1=C/c1ccccc1. The number of ketones is 1. The standard InChI is InChI=1S/C14H12O/c1-2-12-8-9-14(15)13(12)10-11-6-4-3-5-7-11/h2-10,12H,1H2/b13-10+/t12-/m0/s1. The van der Waals surface area contributed by atoms with Gasteiger partial charge in [-0.05, 0) is 17.7 Å². The number of rotatable bonds is 2. The second-order valence-electron chi connectivity index (χ2n) is 3.50. The highest BCUT2D eigenvalue weighted by Gasteiger charge is 2.19. The number of carbonyl (C=O) groups is 1. The normalized spacial score (nSPS) is 22.3. The monoisotopic (exact) mass is 196 g/mol. The first-order valence-electron chi connectivity index (χ1n) is 4.93. The Labute approximate surface area is 89.4 Å². The van der Waals surface area contributed by atoms with Gasteiger partial charge in [-0.3, -0.25) is 4.79 Å². The maximum Gasteiger partial charge on any atom is 0.182 e. The van der Waals surface area contributed by atoms with Crippen molar-refractivity contribution in [2.45, 2.75) is 0 Å². The largest absolute Gasteiger partial charge is 0.290 e. The third kappa shape index (κ3) is 1.96. The number of allylic oxidation sites excluding steroid dienone is 4. The zero-order valence-electron chi connectivity index (χ0n) is 8.39. The Balaban J connectivity index is 2.34. The summed E-state index contributed by atoms with van der Waals surface area (Å²) in [4.78, 5) is 11.5. The van der Waals surface area contributed by atoms with Crippen LogP contribution in [0.5, 0.6) is 0 Å². The topological polar surface area (TPSA) is 17.1 Å². The Morgan fingerprint density at radius 1 is 1.20 bits per heavy atom. The van der Waals surface area contributed by atoms with Crippen LogP contribution in [-0.4, -0.2) is 5.78 Å². The summed E-state index contributed by atoms with van der Waals surface area (Å²) in [5.41, 5.74) is 1.85. The van der Waals surface area contributed by atoms with E-state index in [9.17, 15) is 4.79 Å². The molecule has 0 bridgehead atoms. The van der Waals surface area contributed by atoms with Gasteiger partial charge in [-0.15, -0.1) is 6.58 Å². The van der Waals surface area contributed by atoms with Crippen LogP contribution in [0, 0.1) is 5.92 Å². The molecular weight excluding hydrogens is 184 g/mol. The summed E-state index contributed by atoms with van der Waals surface area (Å²) in [7, 11) is 0. The van der Waals surface area contributed by atoms with E-state index in [1.165, 1.54) is 0 Å². The first-order valence-corrected chi connectivity index (χ1v) is 4.93. The Hall–Kier alpha value is -1.89. The Morgan fingerprint density at radius 3 is 2.60 bits per heavy atom. The Morgan fingerprint density at radius 2 is 1.93 bits per heavy atom.